The van der Waals surface area contributed by atoms with Gasteiger partial charge in [0, 0.05) is 14.5 Å². The van der Waals surface area contributed by atoms with Gasteiger partial charge in [0.15, 0.2) is 0 Å². The summed E-state index contributed by atoms with van der Waals surface area (Å²) < 4.78 is 6.03. The molecule has 1 aromatic rings. The zero-order valence-corrected chi connectivity index (χ0v) is 18.4. The van der Waals surface area contributed by atoms with E-state index < -0.39 is 10.8 Å². The molecule has 0 aliphatic carbocycles. The minimum Gasteiger partial charge on any atom is -0.459 e. The summed E-state index contributed by atoms with van der Waals surface area (Å²) in [5, 5.41) is 0.135. The second kappa shape index (κ2) is 7.60. The number of fused-ring (bicyclic) bond motifs is 1. The first kappa shape index (κ1) is 19.8. The number of nitrogens with zero attached hydrogens (tertiary/aromatic N) is 1. The minimum absolute atomic E-state index is 0.0830. The van der Waals surface area contributed by atoms with Gasteiger partial charge in [0.1, 0.15) is 18.0 Å². The molecule has 7 heteroatoms. The SMILES string of the molecule is CC(C)SC1=C(Br)[C@H]2SC(C)(C)[C@H](C(=O)OCc3ccccc3)N2C1=O. The van der Waals surface area contributed by atoms with E-state index in [2.05, 4.69) is 29.8 Å². The van der Waals surface area contributed by atoms with E-state index in [0.717, 1.165) is 10.0 Å². The fraction of sp³-hybridized carbons (Fsp3) is 0.474. The van der Waals surface area contributed by atoms with Crippen LogP contribution in [0.3, 0.4) is 0 Å². The molecule has 0 spiro atoms. The average molecular weight is 456 g/mol. The maximum absolute atomic E-state index is 13.0. The Hall–Kier alpha value is -0.920. The Morgan fingerprint density at radius 3 is 2.62 bits per heavy atom. The van der Waals surface area contributed by atoms with Crippen LogP contribution in [0, 0.1) is 0 Å². The summed E-state index contributed by atoms with van der Waals surface area (Å²) in [6.07, 6.45) is 0. The summed E-state index contributed by atoms with van der Waals surface area (Å²) in [5.41, 5.74) is 0.934. The maximum atomic E-state index is 13.0. The summed E-state index contributed by atoms with van der Waals surface area (Å²) in [6.45, 7) is 8.31. The van der Waals surface area contributed by atoms with Gasteiger partial charge in [-0.3, -0.25) is 4.79 Å². The molecule has 0 aromatic heterocycles. The number of hydrogen-bond acceptors (Lipinski definition) is 5. The Morgan fingerprint density at radius 1 is 1.35 bits per heavy atom. The number of halogens is 1. The number of hydrogen-bond donors (Lipinski definition) is 0. The van der Waals surface area contributed by atoms with Crippen molar-refractivity contribution in [2.24, 2.45) is 0 Å². The first-order valence-electron chi connectivity index (χ1n) is 8.49. The van der Waals surface area contributed by atoms with Crippen LogP contribution in [0.1, 0.15) is 33.3 Å². The van der Waals surface area contributed by atoms with Crippen molar-refractivity contribution in [1.82, 2.24) is 4.90 Å². The van der Waals surface area contributed by atoms with Crippen LogP contribution < -0.4 is 0 Å². The van der Waals surface area contributed by atoms with Crippen LogP contribution in [0.4, 0.5) is 0 Å². The second-order valence-electron chi connectivity index (χ2n) is 7.13. The van der Waals surface area contributed by atoms with Crippen LogP contribution >= 0.6 is 39.5 Å². The van der Waals surface area contributed by atoms with Gasteiger partial charge in [0.2, 0.25) is 0 Å². The first-order chi connectivity index (χ1) is 12.2. The third kappa shape index (κ3) is 3.71. The van der Waals surface area contributed by atoms with Crippen LogP contribution in [0.5, 0.6) is 0 Å². The number of amides is 1. The summed E-state index contributed by atoms with van der Waals surface area (Å²) in [4.78, 5) is 28.3. The lowest BCUT2D eigenvalue weighted by molar-refractivity contribution is -0.155. The van der Waals surface area contributed by atoms with E-state index in [0.29, 0.717) is 10.2 Å². The monoisotopic (exact) mass is 455 g/mol. The fourth-order valence-corrected chi connectivity index (χ4v) is 6.55. The van der Waals surface area contributed by atoms with Gasteiger partial charge in [-0.15, -0.1) is 23.5 Å². The molecule has 2 aliphatic heterocycles. The Balaban J connectivity index is 1.79. The van der Waals surface area contributed by atoms with E-state index in [4.69, 9.17) is 4.74 Å². The molecule has 26 heavy (non-hydrogen) atoms. The largest absolute Gasteiger partial charge is 0.459 e. The zero-order chi connectivity index (χ0) is 19.1. The van der Waals surface area contributed by atoms with Gasteiger partial charge in [-0.25, -0.2) is 4.79 Å². The maximum Gasteiger partial charge on any atom is 0.330 e. The Bertz CT molecular complexity index is 748. The van der Waals surface area contributed by atoms with Crippen LogP contribution in [-0.4, -0.2) is 38.2 Å². The fourth-order valence-electron chi connectivity index (χ4n) is 3.16. The lowest BCUT2D eigenvalue weighted by Gasteiger charge is -2.29. The molecule has 2 atom stereocenters. The van der Waals surface area contributed by atoms with E-state index in [1.807, 2.05) is 44.2 Å². The molecule has 0 bridgehead atoms. The Morgan fingerprint density at radius 2 is 2.00 bits per heavy atom. The molecule has 0 N–H and O–H groups in total. The Kier molecular flexibility index (Phi) is 5.80. The van der Waals surface area contributed by atoms with Crippen LogP contribution in [0.2, 0.25) is 0 Å². The van der Waals surface area contributed by atoms with Gasteiger partial charge in [0.05, 0.1) is 4.91 Å². The van der Waals surface area contributed by atoms with Crippen molar-refractivity contribution in [1.29, 1.82) is 0 Å². The molecule has 0 saturated carbocycles. The van der Waals surface area contributed by atoms with Crippen molar-refractivity contribution in [3.63, 3.8) is 0 Å². The van der Waals surface area contributed by atoms with Crippen LogP contribution in [0.15, 0.2) is 39.7 Å². The third-order valence-corrected chi connectivity index (χ3v) is 8.28. The summed E-state index contributed by atoms with van der Waals surface area (Å²) in [6, 6.07) is 8.98. The van der Waals surface area contributed by atoms with E-state index in [1.165, 1.54) is 11.8 Å². The number of benzene rings is 1. The van der Waals surface area contributed by atoms with Crippen molar-refractivity contribution in [2.75, 3.05) is 0 Å². The smallest absolute Gasteiger partial charge is 0.330 e. The van der Waals surface area contributed by atoms with Crippen molar-refractivity contribution in [2.45, 2.75) is 55.7 Å². The Labute approximate surface area is 171 Å². The summed E-state index contributed by atoms with van der Waals surface area (Å²) >= 11 is 6.77. The second-order valence-corrected chi connectivity index (χ2v) is 11.3. The molecule has 4 nitrogen and oxygen atoms in total. The molecular weight excluding hydrogens is 434 g/mol. The van der Waals surface area contributed by atoms with Crippen LogP contribution in [-0.2, 0) is 20.9 Å². The molecule has 2 heterocycles. The van der Waals surface area contributed by atoms with E-state index >= 15 is 0 Å². The molecule has 0 unspecified atom stereocenters. The number of rotatable bonds is 5. The molecule has 1 aromatic carbocycles. The first-order valence-corrected chi connectivity index (χ1v) is 11.0. The summed E-state index contributed by atoms with van der Waals surface area (Å²) in [7, 11) is 0. The average Bonchev–Trinajstić information content (AvgIpc) is 2.98. The van der Waals surface area contributed by atoms with Gasteiger partial charge < -0.3 is 9.64 Å². The third-order valence-electron chi connectivity index (χ3n) is 4.27. The van der Waals surface area contributed by atoms with E-state index in [9.17, 15) is 9.59 Å². The molecule has 3 rings (SSSR count). The van der Waals surface area contributed by atoms with Crippen molar-refractivity contribution < 1.29 is 14.3 Å². The van der Waals surface area contributed by atoms with Crippen LogP contribution in [0.25, 0.3) is 0 Å². The van der Waals surface area contributed by atoms with Gasteiger partial charge in [-0.2, -0.15) is 0 Å². The molecule has 1 saturated heterocycles. The quantitative estimate of drug-likeness (QED) is 0.609. The van der Waals surface area contributed by atoms with E-state index in [-0.39, 0.29) is 23.9 Å². The van der Waals surface area contributed by atoms with Crippen molar-refractivity contribution >= 4 is 51.3 Å². The molecular formula is C19H22BrNO3S2. The normalized spacial score (nSPS) is 24.4. The van der Waals surface area contributed by atoms with Crippen molar-refractivity contribution in [3.05, 3.63) is 45.3 Å². The minimum atomic E-state index is -0.605. The molecule has 140 valence electrons. The zero-order valence-electron chi connectivity index (χ0n) is 15.2. The topological polar surface area (TPSA) is 46.6 Å². The molecule has 2 aliphatic rings. The highest BCUT2D eigenvalue weighted by atomic mass is 79.9. The lowest BCUT2D eigenvalue weighted by Crippen LogP contribution is -2.49. The van der Waals surface area contributed by atoms with Gasteiger partial charge in [-0.1, -0.05) is 60.1 Å². The van der Waals surface area contributed by atoms with Gasteiger partial charge in [-0.05, 0) is 19.4 Å². The highest BCUT2D eigenvalue weighted by Gasteiger charge is 2.58. The number of esters is 1. The van der Waals surface area contributed by atoms with Crippen molar-refractivity contribution in [3.8, 4) is 0 Å². The lowest BCUT2D eigenvalue weighted by atomic mass is 10.0. The molecule has 0 radical (unpaired) electrons. The predicted molar refractivity (Wildman–Crippen MR) is 111 cm³/mol. The highest BCUT2D eigenvalue weighted by Crippen LogP contribution is 2.54. The predicted octanol–water partition coefficient (Wildman–Crippen LogP) is 4.54. The number of ether oxygens (including phenoxy) is 1. The number of carbonyl (C=O) groups is 2. The summed E-state index contributed by atoms with van der Waals surface area (Å²) in [5.74, 6) is -0.432. The molecule has 1 amide bonds. The van der Waals surface area contributed by atoms with Gasteiger partial charge >= 0.3 is 5.97 Å². The van der Waals surface area contributed by atoms with Gasteiger partial charge in [0.25, 0.3) is 5.91 Å². The van der Waals surface area contributed by atoms with E-state index in [1.54, 1.807) is 16.7 Å². The molecule has 1 fully saturated rings. The highest BCUT2D eigenvalue weighted by molar-refractivity contribution is 9.12. The number of thioether (sulfide) groups is 2. The number of carbonyl (C=O) groups excluding carboxylic acids is 2. The standard InChI is InChI=1S/C19H22BrNO3S2/c1-11(2)25-14-13(20)17-21(16(14)22)15(19(3,4)26-17)18(23)24-10-12-8-6-5-7-9-12/h5-9,11,15,17H,10H2,1-4H3/t15-,17+/m0/s1.